The van der Waals surface area contributed by atoms with Gasteiger partial charge in [-0.25, -0.2) is 4.98 Å². The van der Waals surface area contributed by atoms with Gasteiger partial charge in [0, 0.05) is 6.54 Å². The Morgan fingerprint density at radius 2 is 2.27 bits per heavy atom. The lowest BCUT2D eigenvalue weighted by molar-refractivity contribution is -0.0220. The molecule has 1 aliphatic heterocycles. The van der Waals surface area contributed by atoms with Crippen LogP contribution in [0.5, 0.6) is 0 Å². The second-order valence-electron chi connectivity index (χ2n) is 5.50. The molecule has 0 spiro atoms. The fourth-order valence-electron chi connectivity index (χ4n) is 2.45. The van der Waals surface area contributed by atoms with Crippen LogP contribution in [0.25, 0.3) is 0 Å². The standard InChI is InChI=1S/C14H23ClN4O2.ClH/c1-4-9-12(15)19-13(17-9)14(20)18-10-5-6-16-7-11(10)21-8(2)3;/h8,10-11,16H,4-7H2,1-3H3,(H,17,19)(H,18,20);1H. The number of nitrogens with one attached hydrogen (secondary N) is 3. The molecule has 1 amide bonds. The van der Waals surface area contributed by atoms with Crippen LogP contribution >= 0.6 is 24.0 Å². The molecule has 0 aromatic carbocycles. The zero-order valence-corrected chi connectivity index (χ0v) is 14.7. The summed E-state index contributed by atoms with van der Waals surface area (Å²) in [4.78, 5) is 19.3. The molecule has 1 aromatic heterocycles. The average molecular weight is 351 g/mol. The van der Waals surface area contributed by atoms with Crippen molar-refractivity contribution in [2.45, 2.75) is 51.9 Å². The number of nitrogens with zero attached hydrogens (tertiary/aromatic N) is 1. The summed E-state index contributed by atoms with van der Waals surface area (Å²) in [6.45, 7) is 7.55. The summed E-state index contributed by atoms with van der Waals surface area (Å²) in [5.41, 5.74) is 0.780. The number of piperidine rings is 1. The topological polar surface area (TPSA) is 79.0 Å². The van der Waals surface area contributed by atoms with Gasteiger partial charge < -0.3 is 20.4 Å². The third-order valence-corrected chi connectivity index (χ3v) is 3.80. The van der Waals surface area contributed by atoms with Crippen LogP contribution in [0.1, 0.15) is 43.5 Å². The number of ether oxygens (including phenoxy) is 1. The third-order valence-electron chi connectivity index (χ3n) is 3.49. The van der Waals surface area contributed by atoms with Gasteiger partial charge in [0.25, 0.3) is 5.91 Å². The summed E-state index contributed by atoms with van der Waals surface area (Å²) in [6.07, 6.45) is 1.64. The molecule has 1 aromatic rings. The van der Waals surface area contributed by atoms with Gasteiger partial charge in [0.2, 0.25) is 0 Å². The van der Waals surface area contributed by atoms with Crippen LogP contribution in [-0.4, -0.2) is 47.2 Å². The van der Waals surface area contributed by atoms with E-state index in [2.05, 4.69) is 20.6 Å². The van der Waals surface area contributed by atoms with E-state index in [9.17, 15) is 4.79 Å². The minimum atomic E-state index is -0.235. The second-order valence-corrected chi connectivity index (χ2v) is 5.86. The minimum Gasteiger partial charge on any atom is -0.372 e. The van der Waals surface area contributed by atoms with E-state index < -0.39 is 0 Å². The first-order valence-corrected chi connectivity index (χ1v) is 7.80. The van der Waals surface area contributed by atoms with Crippen molar-refractivity contribution in [2.75, 3.05) is 13.1 Å². The van der Waals surface area contributed by atoms with Crippen LogP contribution in [0.3, 0.4) is 0 Å². The molecule has 1 saturated heterocycles. The van der Waals surface area contributed by atoms with Gasteiger partial charge in [-0.15, -0.1) is 12.4 Å². The molecule has 2 heterocycles. The van der Waals surface area contributed by atoms with Crippen molar-refractivity contribution in [1.29, 1.82) is 0 Å². The molecule has 8 heteroatoms. The molecule has 1 aliphatic rings. The van der Waals surface area contributed by atoms with E-state index in [-0.39, 0.29) is 42.4 Å². The molecule has 6 nitrogen and oxygen atoms in total. The van der Waals surface area contributed by atoms with E-state index in [0.717, 1.165) is 25.2 Å². The van der Waals surface area contributed by atoms with Crippen LogP contribution in [0.2, 0.25) is 5.15 Å². The Bertz CT molecular complexity index is 493. The monoisotopic (exact) mass is 350 g/mol. The highest BCUT2D eigenvalue weighted by molar-refractivity contribution is 6.30. The largest absolute Gasteiger partial charge is 0.372 e. The lowest BCUT2D eigenvalue weighted by Gasteiger charge is -2.33. The van der Waals surface area contributed by atoms with Crippen LogP contribution in [-0.2, 0) is 11.2 Å². The third kappa shape index (κ3) is 4.84. The number of rotatable bonds is 5. The van der Waals surface area contributed by atoms with Crippen LogP contribution < -0.4 is 10.6 Å². The summed E-state index contributed by atoms with van der Waals surface area (Å²) in [6, 6.07) is -0.0184. The van der Waals surface area contributed by atoms with Crippen molar-refractivity contribution in [3.8, 4) is 0 Å². The van der Waals surface area contributed by atoms with E-state index in [1.54, 1.807) is 0 Å². The first-order valence-electron chi connectivity index (χ1n) is 7.42. The first-order chi connectivity index (χ1) is 10.0. The second kappa shape index (κ2) is 8.72. The Morgan fingerprint density at radius 1 is 1.55 bits per heavy atom. The maximum absolute atomic E-state index is 12.3. The summed E-state index contributed by atoms with van der Waals surface area (Å²) >= 11 is 5.97. The molecule has 2 unspecified atom stereocenters. The van der Waals surface area contributed by atoms with E-state index in [4.69, 9.17) is 16.3 Å². The Labute approximate surface area is 142 Å². The lowest BCUT2D eigenvalue weighted by atomic mass is 10.0. The molecule has 0 radical (unpaired) electrons. The predicted molar refractivity (Wildman–Crippen MR) is 89.0 cm³/mol. The molecule has 22 heavy (non-hydrogen) atoms. The molecule has 2 rings (SSSR count). The van der Waals surface area contributed by atoms with Gasteiger partial charge in [-0.3, -0.25) is 4.79 Å². The van der Waals surface area contributed by atoms with E-state index in [1.165, 1.54) is 0 Å². The van der Waals surface area contributed by atoms with Crippen LogP contribution in [0.15, 0.2) is 0 Å². The number of amides is 1. The Morgan fingerprint density at radius 3 is 2.86 bits per heavy atom. The first kappa shape index (κ1) is 19.2. The minimum absolute atomic E-state index is 0. The van der Waals surface area contributed by atoms with Crippen LogP contribution in [0.4, 0.5) is 0 Å². The van der Waals surface area contributed by atoms with E-state index in [0.29, 0.717) is 11.6 Å². The lowest BCUT2D eigenvalue weighted by Crippen LogP contribution is -2.54. The smallest absolute Gasteiger partial charge is 0.287 e. The highest BCUT2D eigenvalue weighted by Crippen LogP contribution is 2.15. The Kier molecular flexibility index (Phi) is 7.62. The predicted octanol–water partition coefficient (Wildman–Crippen LogP) is 1.93. The molecular formula is C14H24Cl2N4O2. The highest BCUT2D eigenvalue weighted by Gasteiger charge is 2.29. The van der Waals surface area contributed by atoms with Gasteiger partial charge in [0.15, 0.2) is 11.0 Å². The number of H-pyrrole nitrogens is 1. The number of hydrogen-bond acceptors (Lipinski definition) is 4. The summed E-state index contributed by atoms with van der Waals surface area (Å²) < 4.78 is 5.86. The quantitative estimate of drug-likeness (QED) is 0.758. The maximum atomic E-state index is 12.3. The molecule has 0 saturated carbocycles. The Hall–Kier alpha value is -0.820. The molecule has 1 fully saturated rings. The summed E-state index contributed by atoms with van der Waals surface area (Å²) in [5, 5.41) is 6.65. The van der Waals surface area contributed by atoms with Gasteiger partial charge in [0.1, 0.15) is 0 Å². The SMILES string of the molecule is CCc1[nH]c(C(=O)NC2CCNCC2OC(C)C)nc1Cl.Cl. The van der Waals surface area contributed by atoms with Gasteiger partial charge in [-0.2, -0.15) is 0 Å². The van der Waals surface area contributed by atoms with Crippen molar-refractivity contribution < 1.29 is 9.53 Å². The molecule has 0 bridgehead atoms. The number of imidazole rings is 1. The van der Waals surface area contributed by atoms with Crippen molar-refractivity contribution in [2.24, 2.45) is 0 Å². The summed E-state index contributed by atoms with van der Waals surface area (Å²) in [7, 11) is 0. The van der Waals surface area contributed by atoms with E-state index >= 15 is 0 Å². The normalized spacial score (nSPS) is 21.5. The maximum Gasteiger partial charge on any atom is 0.287 e. The van der Waals surface area contributed by atoms with Crippen molar-refractivity contribution in [3.05, 3.63) is 16.7 Å². The molecular weight excluding hydrogens is 327 g/mol. The van der Waals surface area contributed by atoms with Gasteiger partial charge in [-0.05, 0) is 33.2 Å². The number of carbonyl (C=O) groups excluding carboxylic acids is 1. The van der Waals surface area contributed by atoms with Crippen LogP contribution in [0, 0.1) is 0 Å². The number of aryl methyl sites for hydroxylation is 1. The number of carbonyl (C=O) groups is 1. The highest BCUT2D eigenvalue weighted by atomic mass is 35.5. The van der Waals surface area contributed by atoms with Gasteiger partial charge in [0.05, 0.1) is 23.9 Å². The zero-order chi connectivity index (χ0) is 15.4. The van der Waals surface area contributed by atoms with Crippen molar-refractivity contribution in [1.82, 2.24) is 20.6 Å². The van der Waals surface area contributed by atoms with Crippen molar-refractivity contribution >= 4 is 29.9 Å². The fraction of sp³-hybridized carbons (Fsp3) is 0.714. The zero-order valence-electron chi connectivity index (χ0n) is 13.1. The molecule has 3 N–H and O–H groups in total. The fourth-order valence-corrected chi connectivity index (χ4v) is 2.72. The molecule has 0 aliphatic carbocycles. The van der Waals surface area contributed by atoms with Gasteiger partial charge in [-0.1, -0.05) is 18.5 Å². The number of aromatic nitrogens is 2. The summed E-state index contributed by atoms with van der Waals surface area (Å²) in [5.74, 6) is 0.0273. The molecule has 126 valence electrons. The number of aromatic amines is 1. The molecule has 2 atom stereocenters. The average Bonchev–Trinajstić information content (AvgIpc) is 2.81. The number of hydrogen-bond donors (Lipinski definition) is 3. The Balaban J connectivity index is 0.00000242. The van der Waals surface area contributed by atoms with E-state index in [1.807, 2.05) is 20.8 Å². The number of halogens is 2. The van der Waals surface area contributed by atoms with Crippen molar-refractivity contribution in [3.63, 3.8) is 0 Å². The van der Waals surface area contributed by atoms with Gasteiger partial charge >= 0.3 is 0 Å².